The third-order valence-corrected chi connectivity index (χ3v) is 7.32. The standard InChI is InChI=1S/C19H25N5O2S2/c1-21-18(17-7-8-17)20-24(19(21)27)15-22-10-12-23(13-11-22)28(25,26)14-9-16-5-3-2-4-6-16/h2-6,9,14,17H,7-8,10-13,15H2,1H3/b14-9+. The Bertz CT molecular complexity index is 1010. The Morgan fingerprint density at radius 3 is 2.46 bits per heavy atom. The molecule has 1 aromatic heterocycles. The quantitative estimate of drug-likeness (QED) is 0.673. The lowest BCUT2D eigenvalue weighted by Crippen LogP contribution is -2.48. The molecule has 4 rings (SSSR count). The molecule has 0 N–H and O–H groups in total. The predicted molar refractivity (Wildman–Crippen MR) is 112 cm³/mol. The maximum atomic E-state index is 12.6. The molecule has 0 amide bonds. The minimum Gasteiger partial charge on any atom is -0.307 e. The Balaban J connectivity index is 1.36. The van der Waals surface area contributed by atoms with Crippen LogP contribution in [0.5, 0.6) is 0 Å². The first-order valence-corrected chi connectivity index (χ1v) is 11.4. The van der Waals surface area contributed by atoms with E-state index in [0.29, 0.717) is 38.8 Å². The van der Waals surface area contributed by atoms with Crippen molar-refractivity contribution >= 4 is 28.3 Å². The highest BCUT2D eigenvalue weighted by Crippen LogP contribution is 2.38. The van der Waals surface area contributed by atoms with Crippen molar-refractivity contribution in [3.63, 3.8) is 0 Å². The van der Waals surface area contributed by atoms with E-state index in [1.54, 1.807) is 6.08 Å². The Morgan fingerprint density at radius 1 is 1.14 bits per heavy atom. The van der Waals surface area contributed by atoms with Crippen LogP contribution in [-0.2, 0) is 23.7 Å². The molecular weight excluding hydrogens is 394 g/mol. The van der Waals surface area contributed by atoms with Crippen molar-refractivity contribution in [2.45, 2.75) is 25.4 Å². The average Bonchev–Trinajstić information content (AvgIpc) is 3.51. The van der Waals surface area contributed by atoms with E-state index in [-0.39, 0.29) is 0 Å². The molecule has 28 heavy (non-hydrogen) atoms. The second-order valence-electron chi connectivity index (χ2n) is 7.39. The third-order valence-electron chi connectivity index (χ3n) is 5.27. The van der Waals surface area contributed by atoms with Crippen LogP contribution in [0.15, 0.2) is 35.7 Å². The molecular formula is C19H25N5O2S2. The van der Waals surface area contributed by atoms with Crippen LogP contribution in [0.2, 0.25) is 0 Å². The molecule has 150 valence electrons. The molecule has 1 aromatic carbocycles. The van der Waals surface area contributed by atoms with Crippen molar-refractivity contribution in [3.8, 4) is 0 Å². The summed E-state index contributed by atoms with van der Waals surface area (Å²) in [6.07, 6.45) is 4.02. The highest BCUT2D eigenvalue weighted by Gasteiger charge is 2.30. The van der Waals surface area contributed by atoms with Crippen LogP contribution in [0.4, 0.5) is 0 Å². The van der Waals surface area contributed by atoms with Crippen LogP contribution >= 0.6 is 12.2 Å². The van der Waals surface area contributed by atoms with Crippen LogP contribution in [-0.4, -0.2) is 58.1 Å². The summed E-state index contributed by atoms with van der Waals surface area (Å²) in [5.74, 6) is 1.61. The van der Waals surface area contributed by atoms with E-state index in [0.717, 1.165) is 16.2 Å². The Labute approximate surface area is 170 Å². The van der Waals surface area contributed by atoms with Gasteiger partial charge in [0, 0.05) is 44.6 Å². The molecule has 0 radical (unpaired) electrons. The van der Waals surface area contributed by atoms with Gasteiger partial charge < -0.3 is 4.57 Å². The molecule has 1 saturated heterocycles. The lowest BCUT2D eigenvalue weighted by atomic mass is 10.2. The number of hydrogen-bond acceptors (Lipinski definition) is 5. The Hall–Kier alpha value is -1.81. The van der Waals surface area contributed by atoms with E-state index in [1.807, 2.05) is 46.6 Å². The topological polar surface area (TPSA) is 63.4 Å². The third kappa shape index (κ3) is 4.27. The predicted octanol–water partition coefficient (Wildman–Crippen LogP) is 2.40. The highest BCUT2D eigenvalue weighted by atomic mass is 32.2. The summed E-state index contributed by atoms with van der Waals surface area (Å²) in [4.78, 5) is 2.20. The smallest absolute Gasteiger partial charge is 0.236 e. The van der Waals surface area contributed by atoms with Gasteiger partial charge in [0.15, 0.2) is 4.77 Å². The van der Waals surface area contributed by atoms with Crippen molar-refractivity contribution < 1.29 is 8.42 Å². The van der Waals surface area contributed by atoms with Gasteiger partial charge in [-0.3, -0.25) is 4.90 Å². The zero-order chi connectivity index (χ0) is 19.7. The average molecular weight is 420 g/mol. The molecule has 2 heterocycles. The van der Waals surface area contributed by atoms with Crippen LogP contribution < -0.4 is 0 Å². The molecule has 1 saturated carbocycles. The SMILES string of the molecule is Cn1c(C2CC2)nn(CN2CCN(S(=O)(=O)/C=C/c3ccccc3)CC2)c1=S. The van der Waals surface area contributed by atoms with Crippen LogP contribution in [0.1, 0.15) is 30.1 Å². The van der Waals surface area contributed by atoms with Crippen molar-refractivity contribution in [3.05, 3.63) is 51.9 Å². The first-order valence-electron chi connectivity index (χ1n) is 9.53. The molecule has 0 unspecified atom stereocenters. The van der Waals surface area contributed by atoms with Crippen LogP contribution in [0, 0.1) is 4.77 Å². The lowest BCUT2D eigenvalue weighted by Gasteiger charge is -2.32. The Kier molecular flexibility index (Phi) is 5.50. The molecule has 1 aliphatic heterocycles. The van der Waals surface area contributed by atoms with E-state index >= 15 is 0 Å². The summed E-state index contributed by atoms with van der Waals surface area (Å²) in [7, 11) is -1.44. The van der Waals surface area contributed by atoms with Gasteiger partial charge in [-0.05, 0) is 36.7 Å². The molecule has 7 nitrogen and oxygen atoms in total. The summed E-state index contributed by atoms with van der Waals surface area (Å²) >= 11 is 5.51. The van der Waals surface area contributed by atoms with E-state index in [9.17, 15) is 8.42 Å². The van der Waals surface area contributed by atoms with E-state index in [4.69, 9.17) is 12.2 Å². The number of sulfonamides is 1. The summed E-state index contributed by atoms with van der Waals surface area (Å²) in [5, 5.41) is 5.99. The number of nitrogens with zero attached hydrogens (tertiary/aromatic N) is 5. The fourth-order valence-electron chi connectivity index (χ4n) is 3.42. The highest BCUT2D eigenvalue weighted by molar-refractivity contribution is 7.92. The number of piperazine rings is 1. The van der Waals surface area contributed by atoms with Gasteiger partial charge in [0.2, 0.25) is 10.0 Å². The maximum absolute atomic E-state index is 12.6. The summed E-state index contributed by atoms with van der Waals surface area (Å²) in [5.41, 5.74) is 0.876. The Morgan fingerprint density at radius 2 is 1.82 bits per heavy atom. The largest absolute Gasteiger partial charge is 0.307 e. The first kappa shape index (κ1) is 19.5. The molecule has 1 aliphatic carbocycles. The summed E-state index contributed by atoms with van der Waals surface area (Å²) in [6, 6.07) is 9.46. The van der Waals surface area contributed by atoms with Gasteiger partial charge in [-0.2, -0.15) is 9.40 Å². The van der Waals surface area contributed by atoms with Crippen molar-refractivity contribution in [1.29, 1.82) is 0 Å². The first-order chi connectivity index (χ1) is 13.4. The van der Waals surface area contributed by atoms with Gasteiger partial charge in [0.05, 0.1) is 6.67 Å². The van der Waals surface area contributed by atoms with Gasteiger partial charge in [0.25, 0.3) is 0 Å². The van der Waals surface area contributed by atoms with E-state index in [2.05, 4.69) is 10.00 Å². The lowest BCUT2D eigenvalue weighted by molar-refractivity contribution is 0.145. The number of benzene rings is 1. The number of hydrogen-bond donors (Lipinski definition) is 0. The van der Waals surface area contributed by atoms with Gasteiger partial charge in [-0.25, -0.2) is 13.1 Å². The van der Waals surface area contributed by atoms with E-state index < -0.39 is 10.0 Å². The molecule has 0 atom stereocenters. The van der Waals surface area contributed by atoms with Gasteiger partial charge in [-0.15, -0.1) is 0 Å². The van der Waals surface area contributed by atoms with Crippen molar-refractivity contribution in [1.82, 2.24) is 23.6 Å². The number of rotatable bonds is 6. The monoisotopic (exact) mass is 419 g/mol. The maximum Gasteiger partial charge on any atom is 0.236 e. The second kappa shape index (κ2) is 7.90. The molecule has 9 heteroatoms. The van der Waals surface area contributed by atoms with Gasteiger partial charge >= 0.3 is 0 Å². The van der Waals surface area contributed by atoms with Crippen LogP contribution in [0.25, 0.3) is 6.08 Å². The van der Waals surface area contributed by atoms with E-state index in [1.165, 1.54) is 22.6 Å². The molecule has 2 aliphatic rings. The normalized spacial score (nSPS) is 19.5. The molecule has 0 bridgehead atoms. The summed E-state index contributed by atoms with van der Waals surface area (Å²) in [6.45, 7) is 2.87. The molecule has 0 spiro atoms. The van der Waals surface area contributed by atoms with Gasteiger partial charge in [0.1, 0.15) is 5.82 Å². The van der Waals surface area contributed by atoms with Crippen molar-refractivity contribution in [2.75, 3.05) is 26.2 Å². The second-order valence-corrected chi connectivity index (χ2v) is 9.57. The van der Waals surface area contributed by atoms with Crippen molar-refractivity contribution in [2.24, 2.45) is 7.05 Å². The molecule has 2 aromatic rings. The fraction of sp³-hybridized carbons (Fsp3) is 0.474. The zero-order valence-electron chi connectivity index (χ0n) is 15.9. The van der Waals surface area contributed by atoms with Crippen LogP contribution in [0.3, 0.4) is 0 Å². The van der Waals surface area contributed by atoms with Gasteiger partial charge in [-0.1, -0.05) is 30.3 Å². The fourth-order valence-corrected chi connectivity index (χ4v) is 4.79. The molecule has 2 fully saturated rings. The minimum absolute atomic E-state index is 0.469. The number of aromatic nitrogens is 3. The summed E-state index contributed by atoms with van der Waals surface area (Å²) < 4.78 is 31.3. The minimum atomic E-state index is -3.41. The zero-order valence-corrected chi connectivity index (χ0v) is 17.6.